The minimum atomic E-state index is -1.39. The smallest absolute Gasteiger partial charge is 0.305 e. The molecule has 0 aromatic carbocycles. The number of rotatable bonds is 11. The van der Waals surface area contributed by atoms with Gasteiger partial charge in [-0.1, -0.05) is 0 Å². The Kier molecular flexibility index (Phi) is 10.5. The van der Waals surface area contributed by atoms with Crippen molar-refractivity contribution in [2.45, 2.75) is 43.6 Å². The van der Waals surface area contributed by atoms with Gasteiger partial charge in [0.2, 0.25) is 0 Å². The van der Waals surface area contributed by atoms with Gasteiger partial charge < -0.3 is 36.2 Å². The van der Waals surface area contributed by atoms with E-state index in [4.69, 9.17) is 10.8 Å². The van der Waals surface area contributed by atoms with Crippen LogP contribution in [-0.4, -0.2) is 77.6 Å². The average molecular weight is 294 g/mol. The summed E-state index contributed by atoms with van der Waals surface area (Å²) in [6, 6.07) is -1.06. The number of ether oxygens (including phenoxy) is 1. The Morgan fingerprint density at radius 2 is 1.90 bits per heavy atom. The highest BCUT2D eigenvalue weighted by molar-refractivity contribution is 5.68. The Hall–Kier alpha value is -0.770. The maximum Gasteiger partial charge on any atom is 0.305 e. The first kappa shape index (κ1) is 19.2. The first-order valence-electron chi connectivity index (χ1n) is 6.62. The van der Waals surface area contributed by atoms with Crippen molar-refractivity contribution in [1.82, 2.24) is 5.32 Å². The zero-order valence-electron chi connectivity index (χ0n) is 11.7. The van der Waals surface area contributed by atoms with E-state index in [2.05, 4.69) is 10.1 Å². The number of aliphatic hydroxyl groups excluding tert-OH is 4. The van der Waals surface area contributed by atoms with Gasteiger partial charge in [0, 0.05) is 13.0 Å². The monoisotopic (exact) mass is 294 g/mol. The van der Waals surface area contributed by atoms with Crippen LogP contribution in [0.5, 0.6) is 0 Å². The molecule has 0 bridgehead atoms. The van der Waals surface area contributed by atoms with Gasteiger partial charge in [0.15, 0.2) is 0 Å². The number of hydrogen-bond acceptors (Lipinski definition) is 8. The van der Waals surface area contributed by atoms with E-state index in [-0.39, 0.29) is 12.5 Å². The fourth-order valence-corrected chi connectivity index (χ4v) is 1.60. The predicted molar refractivity (Wildman–Crippen MR) is 71.8 cm³/mol. The second kappa shape index (κ2) is 11.0. The zero-order chi connectivity index (χ0) is 15.5. The maximum absolute atomic E-state index is 10.8. The lowest BCUT2D eigenvalue weighted by atomic mass is 10.0. The molecule has 8 heteroatoms. The molecule has 0 rings (SSSR count). The molecule has 0 saturated heterocycles. The fraction of sp³-hybridized carbons (Fsp3) is 0.917. The first-order valence-corrected chi connectivity index (χ1v) is 6.62. The molecule has 0 spiro atoms. The molecule has 4 unspecified atom stereocenters. The highest BCUT2D eigenvalue weighted by atomic mass is 16.5. The summed E-state index contributed by atoms with van der Waals surface area (Å²) in [5.74, 6) is -0.256. The van der Waals surface area contributed by atoms with Crippen LogP contribution in [0.2, 0.25) is 0 Å². The van der Waals surface area contributed by atoms with E-state index in [0.29, 0.717) is 19.4 Å². The molecule has 120 valence electrons. The summed E-state index contributed by atoms with van der Waals surface area (Å²) in [5, 5.41) is 40.0. The third-order valence-corrected chi connectivity index (χ3v) is 2.99. The average Bonchev–Trinajstić information content (AvgIpc) is 2.47. The minimum absolute atomic E-state index is 0.147. The van der Waals surface area contributed by atoms with Crippen LogP contribution in [0.15, 0.2) is 0 Å². The number of carbonyl (C=O) groups is 1. The molecule has 8 nitrogen and oxygen atoms in total. The van der Waals surface area contributed by atoms with Gasteiger partial charge in [-0.05, 0) is 19.4 Å². The Morgan fingerprint density at radius 3 is 2.45 bits per heavy atom. The predicted octanol–water partition coefficient (Wildman–Crippen LogP) is -2.68. The summed E-state index contributed by atoms with van der Waals surface area (Å²) in [6.45, 7) is 0.108. The van der Waals surface area contributed by atoms with Crippen molar-refractivity contribution in [2.75, 3.05) is 26.8 Å². The molecule has 0 heterocycles. The van der Waals surface area contributed by atoms with Crippen molar-refractivity contribution in [3.05, 3.63) is 0 Å². The number of aliphatic hydroxyl groups is 4. The highest BCUT2D eigenvalue weighted by Crippen LogP contribution is 2.02. The van der Waals surface area contributed by atoms with E-state index in [0.717, 1.165) is 6.42 Å². The third-order valence-electron chi connectivity index (χ3n) is 2.99. The Morgan fingerprint density at radius 1 is 1.25 bits per heavy atom. The van der Waals surface area contributed by atoms with Gasteiger partial charge in [-0.15, -0.1) is 0 Å². The number of nitrogens with one attached hydrogen (secondary N) is 1. The second-order valence-corrected chi connectivity index (χ2v) is 4.62. The Labute approximate surface area is 118 Å². The lowest BCUT2D eigenvalue weighted by Crippen LogP contribution is -2.54. The van der Waals surface area contributed by atoms with Crippen molar-refractivity contribution in [2.24, 2.45) is 5.73 Å². The molecule has 0 aliphatic carbocycles. The summed E-state index contributed by atoms with van der Waals surface area (Å²) >= 11 is 0. The van der Waals surface area contributed by atoms with Gasteiger partial charge in [-0.2, -0.15) is 0 Å². The lowest BCUT2D eigenvalue weighted by molar-refractivity contribution is -0.140. The Balaban J connectivity index is 3.71. The zero-order valence-corrected chi connectivity index (χ0v) is 11.7. The normalized spacial score (nSPS) is 17.3. The summed E-state index contributed by atoms with van der Waals surface area (Å²) in [7, 11) is 1.34. The largest absolute Gasteiger partial charge is 0.469 e. The topological polar surface area (TPSA) is 145 Å². The van der Waals surface area contributed by atoms with Crippen molar-refractivity contribution >= 4 is 5.97 Å². The molecule has 4 atom stereocenters. The van der Waals surface area contributed by atoms with Crippen LogP contribution in [0, 0.1) is 0 Å². The van der Waals surface area contributed by atoms with E-state index in [9.17, 15) is 20.1 Å². The van der Waals surface area contributed by atoms with E-state index in [1.807, 2.05) is 0 Å². The quantitative estimate of drug-likeness (QED) is 0.179. The van der Waals surface area contributed by atoms with Crippen molar-refractivity contribution < 1.29 is 30.0 Å². The molecule has 0 saturated carbocycles. The minimum Gasteiger partial charge on any atom is -0.469 e. The van der Waals surface area contributed by atoms with Gasteiger partial charge in [0.05, 0.1) is 32.0 Å². The molecule has 0 aromatic rings. The molecule has 0 amide bonds. The molecular weight excluding hydrogens is 268 g/mol. The lowest BCUT2D eigenvalue weighted by Gasteiger charge is -2.26. The van der Waals surface area contributed by atoms with Crippen molar-refractivity contribution in [3.63, 3.8) is 0 Å². The standard InChI is InChI=1S/C12H26N2O6/c1-20-10(18)4-2-3-5-14-6-8(16)11(13)12(19)9(17)7-15/h8-9,11-12,14-17,19H,2-7,13H2,1H3. The van der Waals surface area contributed by atoms with Gasteiger partial charge in [0.25, 0.3) is 0 Å². The summed E-state index contributed by atoms with van der Waals surface area (Å²) in [4.78, 5) is 10.8. The molecule has 0 fully saturated rings. The number of nitrogens with two attached hydrogens (primary N) is 1. The molecule has 0 aliphatic rings. The van der Waals surface area contributed by atoms with Crippen LogP contribution in [0.4, 0.5) is 0 Å². The molecule has 0 aromatic heterocycles. The third kappa shape index (κ3) is 7.73. The number of unbranched alkanes of at least 4 members (excludes halogenated alkanes) is 1. The summed E-state index contributed by atoms with van der Waals surface area (Å²) in [5.41, 5.74) is 5.56. The number of methoxy groups -OCH3 is 1. The fourth-order valence-electron chi connectivity index (χ4n) is 1.60. The van der Waals surface area contributed by atoms with Crippen LogP contribution in [0.3, 0.4) is 0 Å². The molecule has 20 heavy (non-hydrogen) atoms. The second-order valence-electron chi connectivity index (χ2n) is 4.62. The highest BCUT2D eigenvalue weighted by Gasteiger charge is 2.28. The molecule has 0 radical (unpaired) electrons. The Bertz CT molecular complexity index is 266. The van der Waals surface area contributed by atoms with Crippen molar-refractivity contribution in [1.29, 1.82) is 0 Å². The van der Waals surface area contributed by atoms with E-state index >= 15 is 0 Å². The first-order chi connectivity index (χ1) is 9.43. The van der Waals surface area contributed by atoms with E-state index in [1.54, 1.807) is 0 Å². The van der Waals surface area contributed by atoms with E-state index < -0.39 is 31.0 Å². The van der Waals surface area contributed by atoms with Crippen LogP contribution >= 0.6 is 0 Å². The van der Waals surface area contributed by atoms with Gasteiger partial charge in [-0.25, -0.2) is 0 Å². The van der Waals surface area contributed by atoms with Gasteiger partial charge in [-0.3, -0.25) is 4.79 Å². The van der Waals surface area contributed by atoms with Crippen LogP contribution in [-0.2, 0) is 9.53 Å². The van der Waals surface area contributed by atoms with Gasteiger partial charge >= 0.3 is 5.97 Å². The molecule has 7 N–H and O–H groups in total. The number of esters is 1. The SMILES string of the molecule is COC(=O)CCCCNCC(O)C(N)C(O)C(O)CO. The van der Waals surface area contributed by atoms with Crippen molar-refractivity contribution in [3.8, 4) is 0 Å². The number of carbonyl (C=O) groups excluding carboxylic acids is 1. The van der Waals surface area contributed by atoms with E-state index in [1.165, 1.54) is 7.11 Å². The molecular formula is C12H26N2O6. The summed E-state index contributed by atoms with van der Waals surface area (Å²) in [6.07, 6.45) is -2.06. The van der Waals surface area contributed by atoms with Crippen LogP contribution in [0.1, 0.15) is 19.3 Å². The summed E-state index contributed by atoms with van der Waals surface area (Å²) < 4.78 is 4.50. The van der Waals surface area contributed by atoms with Crippen LogP contribution in [0.25, 0.3) is 0 Å². The number of hydrogen-bond donors (Lipinski definition) is 6. The maximum atomic E-state index is 10.8. The molecule has 0 aliphatic heterocycles. The van der Waals surface area contributed by atoms with Gasteiger partial charge in [0.1, 0.15) is 6.10 Å². The van der Waals surface area contributed by atoms with Crippen LogP contribution < -0.4 is 11.1 Å².